The van der Waals surface area contributed by atoms with E-state index in [2.05, 4.69) is 30.5 Å². The highest BCUT2D eigenvalue weighted by atomic mass is 19.3. The zero-order chi connectivity index (χ0) is 25.9. The molecule has 10 nitrogen and oxygen atoms in total. The molecule has 1 aliphatic heterocycles. The number of primary amides is 1. The lowest BCUT2D eigenvalue weighted by Crippen LogP contribution is -2.36. The standard InChI is InChI=1S/C25H26F2N8O2/c1-34-14-30-20-17(3-2-4-18(20)34)21-24(29-13-19(26)27)33-25(22(32-21)23(28)36)31-15-5-7-16(8-6-15)35-9-11-37-12-10-35/h2-8,14,19H,9-13H2,1H3,(H2,28,36)(H2,29,31,33). The maximum atomic E-state index is 13.1. The largest absolute Gasteiger partial charge is 0.378 e. The number of aryl methyl sites for hydroxylation is 1. The Balaban J connectivity index is 1.54. The number of hydrogen-bond acceptors (Lipinski definition) is 8. The van der Waals surface area contributed by atoms with E-state index in [1.807, 2.05) is 41.9 Å². The van der Waals surface area contributed by atoms with Gasteiger partial charge in [-0.25, -0.2) is 23.7 Å². The molecule has 1 amide bonds. The molecule has 0 bridgehead atoms. The van der Waals surface area contributed by atoms with E-state index in [9.17, 15) is 13.6 Å². The number of morpholine rings is 1. The van der Waals surface area contributed by atoms with Crippen LogP contribution in [0.1, 0.15) is 10.5 Å². The molecule has 1 saturated heterocycles. The zero-order valence-corrected chi connectivity index (χ0v) is 20.1. The molecule has 0 unspecified atom stereocenters. The number of fused-ring (bicyclic) bond motifs is 1. The average Bonchev–Trinajstić information content (AvgIpc) is 3.29. The molecular formula is C25H26F2N8O2. The number of nitrogens with two attached hydrogens (primary N) is 1. The minimum Gasteiger partial charge on any atom is -0.378 e. The zero-order valence-electron chi connectivity index (χ0n) is 20.1. The third-order valence-corrected chi connectivity index (χ3v) is 6.07. The smallest absolute Gasteiger partial charge is 0.271 e. The number of aromatic nitrogens is 4. The van der Waals surface area contributed by atoms with E-state index in [1.165, 1.54) is 0 Å². The number of amides is 1. The number of halogens is 2. The molecule has 4 N–H and O–H groups in total. The number of benzene rings is 2. The quantitative estimate of drug-likeness (QED) is 0.331. The fourth-order valence-electron chi connectivity index (χ4n) is 4.24. The van der Waals surface area contributed by atoms with Gasteiger partial charge in [0.25, 0.3) is 12.3 Å². The Kier molecular flexibility index (Phi) is 6.82. The Morgan fingerprint density at radius 1 is 1.11 bits per heavy atom. The molecule has 0 atom stereocenters. The Morgan fingerprint density at radius 2 is 1.86 bits per heavy atom. The number of nitrogens with one attached hydrogen (secondary N) is 2. The van der Waals surface area contributed by atoms with Crippen LogP contribution in [0.3, 0.4) is 0 Å². The highest BCUT2D eigenvalue weighted by Gasteiger charge is 2.22. The first kappa shape index (κ1) is 24.4. The number of carbonyl (C=O) groups is 1. The van der Waals surface area contributed by atoms with Crippen LogP contribution in [0.4, 0.5) is 31.8 Å². The predicted octanol–water partition coefficient (Wildman–Crippen LogP) is 3.39. The molecule has 12 heteroatoms. The van der Waals surface area contributed by atoms with Crippen LogP contribution in [0.25, 0.3) is 22.3 Å². The molecule has 37 heavy (non-hydrogen) atoms. The van der Waals surface area contributed by atoms with Crippen molar-refractivity contribution in [1.82, 2.24) is 19.5 Å². The van der Waals surface area contributed by atoms with E-state index in [1.54, 1.807) is 18.5 Å². The molecule has 4 aromatic rings. The Hall–Kier alpha value is -4.32. The predicted molar refractivity (Wildman–Crippen MR) is 138 cm³/mol. The summed E-state index contributed by atoms with van der Waals surface area (Å²) in [6, 6.07) is 13.0. The fourth-order valence-corrected chi connectivity index (χ4v) is 4.24. The molecule has 1 fully saturated rings. The monoisotopic (exact) mass is 508 g/mol. The number of carbonyl (C=O) groups excluding carboxylic acids is 1. The molecule has 1 aliphatic rings. The number of anilines is 4. The molecule has 2 aromatic heterocycles. The van der Waals surface area contributed by atoms with Crippen LogP contribution in [0.5, 0.6) is 0 Å². The second-order valence-corrected chi connectivity index (χ2v) is 8.55. The van der Waals surface area contributed by atoms with Gasteiger partial charge in [-0.05, 0) is 30.3 Å². The number of alkyl halides is 2. The van der Waals surface area contributed by atoms with Gasteiger partial charge < -0.3 is 30.6 Å². The van der Waals surface area contributed by atoms with Crippen molar-refractivity contribution in [2.75, 3.05) is 48.4 Å². The Morgan fingerprint density at radius 3 is 2.57 bits per heavy atom. The molecule has 5 rings (SSSR count). The molecule has 0 aliphatic carbocycles. The first-order chi connectivity index (χ1) is 17.9. The molecule has 0 saturated carbocycles. The average molecular weight is 509 g/mol. The van der Waals surface area contributed by atoms with Gasteiger partial charge in [0.1, 0.15) is 5.69 Å². The van der Waals surface area contributed by atoms with E-state index >= 15 is 0 Å². The minimum absolute atomic E-state index is 0.0559. The van der Waals surface area contributed by atoms with Gasteiger partial charge in [0, 0.05) is 37.1 Å². The van der Waals surface area contributed by atoms with Gasteiger partial charge in [-0.1, -0.05) is 12.1 Å². The van der Waals surface area contributed by atoms with E-state index in [-0.39, 0.29) is 23.0 Å². The lowest BCUT2D eigenvalue weighted by atomic mass is 10.1. The summed E-state index contributed by atoms with van der Waals surface area (Å²) >= 11 is 0. The molecule has 2 aromatic carbocycles. The summed E-state index contributed by atoms with van der Waals surface area (Å²) in [5, 5.41) is 5.73. The topological polar surface area (TPSA) is 123 Å². The number of imidazole rings is 1. The number of rotatable bonds is 8. The van der Waals surface area contributed by atoms with Crippen LogP contribution >= 0.6 is 0 Å². The second-order valence-electron chi connectivity index (χ2n) is 8.55. The number of hydrogen-bond donors (Lipinski definition) is 3. The van der Waals surface area contributed by atoms with Crippen LogP contribution in [-0.4, -0.2) is 64.7 Å². The van der Waals surface area contributed by atoms with Crippen molar-refractivity contribution >= 4 is 40.0 Å². The lowest BCUT2D eigenvalue weighted by Gasteiger charge is -2.29. The molecule has 0 radical (unpaired) electrons. The summed E-state index contributed by atoms with van der Waals surface area (Å²) in [7, 11) is 1.84. The number of ether oxygens (including phenoxy) is 1. The van der Waals surface area contributed by atoms with E-state index in [4.69, 9.17) is 10.5 Å². The van der Waals surface area contributed by atoms with Crippen molar-refractivity contribution in [1.29, 1.82) is 0 Å². The van der Waals surface area contributed by atoms with Crippen molar-refractivity contribution in [2.45, 2.75) is 6.43 Å². The Bertz CT molecular complexity index is 1420. The normalized spacial score (nSPS) is 13.8. The van der Waals surface area contributed by atoms with Gasteiger partial charge in [0.05, 0.1) is 37.1 Å². The Labute approximate surface area is 211 Å². The van der Waals surface area contributed by atoms with Crippen LogP contribution < -0.4 is 21.3 Å². The molecule has 3 heterocycles. The third kappa shape index (κ3) is 5.14. The first-order valence-electron chi connectivity index (χ1n) is 11.7. The van der Waals surface area contributed by atoms with Crippen LogP contribution in [-0.2, 0) is 11.8 Å². The summed E-state index contributed by atoms with van der Waals surface area (Å²) < 4.78 is 33.5. The molecular weight excluding hydrogens is 482 g/mol. The second kappa shape index (κ2) is 10.3. The van der Waals surface area contributed by atoms with Gasteiger partial charge in [-0.3, -0.25) is 4.79 Å². The van der Waals surface area contributed by atoms with E-state index < -0.39 is 18.9 Å². The van der Waals surface area contributed by atoms with Gasteiger partial charge in [0.15, 0.2) is 17.3 Å². The van der Waals surface area contributed by atoms with E-state index in [0.717, 1.165) is 24.3 Å². The summed E-state index contributed by atoms with van der Waals surface area (Å²) in [5.41, 5.74) is 9.35. The number of para-hydroxylation sites is 1. The van der Waals surface area contributed by atoms with Crippen LogP contribution in [0.15, 0.2) is 48.8 Å². The van der Waals surface area contributed by atoms with Gasteiger partial charge in [0.2, 0.25) is 0 Å². The minimum atomic E-state index is -2.62. The van der Waals surface area contributed by atoms with E-state index in [0.29, 0.717) is 30.0 Å². The fraction of sp³-hybridized carbons (Fsp3) is 0.280. The summed E-state index contributed by atoms with van der Waals surface area (Å²) in [4.78, 5) is 28.0. The highest BCUT2D eigenvalue weighted by molar-refractivity contribution is 6.00. The SMILES string of the molecule is Cn1cnc2c(-c3nc(C(N)=O)c(Nc4ccc(N5CCOCC5)cc4)nc3NCC(F)F)cccc21. The maximum absolute atomic E-state index is 13.1. The third-order valence-electron chi connectivity index (χ3n) is 6.07. The molecule has 0 spiro atoms. The first-order valence-corrected chi connectivity index (χ1v) is 11.7. The van der Waals surface area contributed by atoms with Gasteiger partial charge in [-0.2, -0.15) is 0 Å². The van der Waals surface area contributed by atoms with Crippen molar-refractivity contribution < 1.29 is 18.3 Å². The van der Waals surface area contributed by atoms with Crippen molar-refractivity contribution in [3.8, 4) is 11.3 Å². The summed E-state index contributed by atoms with van der Waals surface area (Å²) in [5.74, 6) is -0.675. The van der Waals surface area contributed by atoms with Crippen LogP contribution in [0, 0.1) is 0 Å². The summed E-state index contributed by atoms with van der Waals surface area (Å²) in [6.45, 7) is 2.29. The van der Waals surface area contributed by atoms with Crippen molar-refractivity contribution in [2.24, 2.45) is 12.8 Å². The van der Waals surface area contributed by atoms with Crippen LogP contribution in [0.2, 0.25) is 0 Å². The summed E-state index contributed by atoms with van der Waals surface area (Å²) in [6.07, 6.45) is -0.987. The maximum Gasteiger partial charge on any atom is 0.271 e. The molecule has 192 valence electrons. The van der Waals surface area contributed by atoms with Gasteiger partial charge >= 0.3 is 0 Å². The highest BCUT2D eigenvalue weighted by Crippen LogP contribution is 2.33. The lowest BCUT2D eigenvalue weighted by molar-refractivity contribution is 0.0996. The van der Waals surface area contributed by atoms with Gasteiger partial charge in [-0.15, -0.1) is 0 Å². The van der Waals surface area contributed by atoms with Crippen molar-refractivity contribution in [3.63, 3.8) is 0 Å². The number of nitrogens with zero attached hydrogens (tertiary/aromatic N) is 5. The van der Waals surface area contributed by atoms with Crippen molar-refractivity contribution in [3.05, 3.63) is 54.5 Å².